The van der Waals surface area contributed by atoms with Crippen LogP contribution in [0.4, 0.5) is 19.0 Å². The number of rotatable bonds is 4. The molecule has 0 aliphatic carbocycles. The zero-order chi connectivity index (χ0) is 18.9. The maximum absolute atomic E-state index is 12.8. The van der Waals surface area contributed by atoms with Gasteiger partial charge in [-0.3, -0.25) is 0 Å². The van der Waals surface area contributed by atoms with E-state index in [0.29, 0.717) is 17.9 Å². The highest BCUT2D eigenvalue weighted by atomic mass is 127. The monoisotopic (exact) mass is 493 g/mol. The second-order valence-electron chi connectivity index (χ2n) is 5.44. The van der Waals surface area contributed by atoms with Crippen LogP contribution < -0.4 is 5.32 Å². The smallest absolute Gasteiger partial charge is 0.365 e. The molecule has 0 bridgehead atoms. The predicted octanol–water partition coefficient (Wildman–Crippen LogP) is 4.77. The molecule has 3 rings (SSSR count). The predicted molar refractivity (Wildman–Crippen MR) is 101 cm³/mol. The molecule has 1 aromatic carbocycles. The van der Waals surface area contributed by atoms with Crippen molar-refractivity contribution in [3.8, 4) is 11.4 Å². The van der Waals surface area contributed by atoms with E-state index in [9.17, 15) is 13.2 Å². The molecule has 0 aliphatic heterocycles. The molecule has 0 fully saturated rings. The minimum Gasteiger partial charge on any atom is -0.365 e. The summed E-state index contributed by atoms with van der Waals surface area (Å²) in [6.07, 6.45) is -1.87. The summed E-state index contributed by atoms with van der Waals surface area (Å²) < 4.78 is 40.5. The van der Waals surface area contributed by atoms with Crippen LogP contribution in [0.1, 0.15) is 11.3 Å². The lowest BCUT2D eigenvalue weighted by Crippen LogP contribution is -2.05. The minimum absolute atomic E-state index is 0.151. The molecule has 0 radical (unpaired) electrons. The number of hydrogen-bond donors (Lipinski definition) is 1. The van der Waals surface area contributed by atoms with Crippen molar-refractivity contribution in [2.75, 3.05) is 5.32 Å². The van der Waals surface area contributed by atoms with E-state index in [1.54, 1.807) is 18.3 Å². The number of nitrogens with one attached hydrogen (secondary N) is 1. The molecule has 0 atom stereocenters. The first-order valence-corrected chi connectivity index (χ1v) is 8.81. The van der Waals surface area contributed by atoms with Gasteiger partial charge in [-0.05, 0) is 39.8 Å². The van der Waals surface area contributed by atoms with Crippen molar-refractivity contribution < 1.29 is 13.2 Å². The Kier molecular flexibility index (Phi) is 5.37. The SMILES string of the molecule is Cn1cc(C(F)(F)F)nc1-c1ccc(CNc2nc(Cl)ncc2I)cc1. The van der Waals surface area contributed by atoms with E-state index in [2.05, 4.69) is 42.9 Å². The summed E-state index contributed by atoms with van der Waals surface area (Å²) in [5.41, 5.74) is 0.631. The number of anilines is 1. The lowest BCUT2D eigenvalue weighted by atomic mass is 10.1. The fourth-order valence-electron chi connectivity index (χ4n) is 2.30. The largest absolute Gasteiger partial charge is 0.434 e. The molecule has 0 aliphatic rings. The lowest BCUT2D eigenvalue weighted by molar-refractivity contribution is -0.140. The first kappa shape index (κ1) is 18.9. The van der Waals surface area contributed by atoms with Crippen molar-refractivity contribution in [3.05, 3.63) is 56.8 Å². The van der Waals surface area contributed by atoms with Gasteiger partial charge in [-0.25, -0.2) is 9.97 Å². The molecule has 0 amide bonds. The van der Waals surface area contributed by atoms with E-state index in [-0.39, 0.29) is 11.1 Å². The maximum atomic E-state index is 12.8. The van der Waals surface area contributed by atoms with Crippen LogP contribution in [0.3, 0.4) is 0 Å². The topological polar surface area (TPSA) is 55.6 Å². The van der Waals surface area contributed by atoms with Crippen LogP contribution in [-0.4, -0.2) is 19.5 Å². The average molecular weight is 494 g/mol. The van der Waals surface area contributed by atoms with Gasteiger partial charge in [-0.15, -0.1) is 0 Å². The van der Waals surface area contributed by atoms with Crippen LogP contribution >= 0.6 is 34.2 Å². The quantitative estimate of drug-likeness (QED) is 0.420. The third-order valence-corrected chi connectivity index (χ3v) is 4.53. The van der Waals surface area contributed by atoms with Crippen molar-refractivity contribution in [1.29, 1.82) is 0 Å². The summed E-state index contributed by atoms with van der Waals surface area (Å²) in [6, 6.07) is 7.11. The molecular formula is C16H12ClF3IN5. The molecule has 26 heavy (non-hydrogen) atoms. The van der Waals surface area contributed by atoms with E-state index >= 15 is 0 Å². The first-order chi connectivity index (χ1) is 12.2. The van der Waals surface area contributed by atoms with Crippen LogP contribution in [0, 0.1) is 3.57 Å². The Balaban J connectivity index is 1.75. The molecule has 0 saturated heterocycles. The van der Waals surface area contributed by atoms with Gasteiger partial charge in [0.05, 0.1) is 3.57 Å². The Labute approximate surface area is 165 Å². The van der Waals surface area contributed by atoms with E-state index in [1.807, 2.05) is 12.1 Å². The third-order valence-electron chi connectivity index (χ3n) is 3.55. The first-order valence-electron chi connectivity index (χ1n) is 7.36. The number of aromatic nitrogens is 4. The van der Waals surface area contributed by atoms with Gasteiger partial charge >= 0.3 is 6.18 Å². The number of benzene rings is 1. The molecule has 2 heterocycles. The highest BCUT2D eigenvalue weighted by Gasteiger charge is 2.34. The van der Waals surface area contributed by atoms with Gasteiger partial charge in [0.25, 0.3) is 0 Å². The van der Waals surface area contributed by atoms with Gasteiger partial charge in [-0.2, -0.15) is 18.2 Å². The molecule has 10 heteroatoms. The van der Waals surface area contributed by atoms with Gasteiger partial charge in [0.15, 0.2) is 5.69 Å². The molecule has 1 N–H and O–H groups in total. The molecule has 2 aromatic heterocycles. The number of nitrogens with zero attached hydrogens (tertiary/aromatic N) is 4. The summed E-state index contributed by atoms with van der Waals surface area (Å²) in [5, 5.41) is 3.30. The Morgan fingerprint density at radius 2 is 1.88 bits per heavy atom. The van der Waals surface area contributed by atoms with E-state index < -0.39 is 11.9 Å². The number of halogens is 5. The molecule has 0 saturated carbocycles. The Morgan fingerprint density at radius 3 is 2.50 bits per heavy atom. The van der Waals surface area contributed by atoms with Gasteiger partial charge < -0.3 is 9.88 Å². The zero-order valence-corrected chi connectivity index (χ0v) is 16.3. The summed E-state index contributed by atoms with van der Waals surface area (Å²) in [4.78, 5) is 11.7. The maximum Gasteiger partial charge on any atom is 0.434 e. The van der Waals surface area contributed by atoms with E-state index in [0.717, 1.165) is 15.3 Å². The van der Waals surface area contributed by atoms with Crippen LogP contribution in [0.15, 0.2) is 36.7 Å². The Bertz CT molecular complexity index is 925. The molecule has 5 nitrogen and oxygen atoms in total. The molecular weight excluding hydrogens is 482 g/mol. The van der Waals surface area contributed by atoms with Crippen molar-refractivity contribution >= 4 is 40.0 Å². The van der Waals surface area contributed by atoms with Crippen LogP contribution in [0.2, 0.25) is 5.28 Å². The van der Waals surface area contributed by atoms with Crippen LogP contribution in [0.25, 0.3) is 11.4 Å². The number of aryl methyl sites for hydroxylation is 1. The van der Waals surface area contributed by atoms with Crippen molar-refractivity contribution in [2.45, 2.75) is 12.7 Å². The van der Waals surface area contributed by atoms with Gasteiger partial charge in [0, 0.05) is 31.5 Å². The highest BCUT2D eigenvalue weighted by Crippen LogP contribution is 2.30. The molecule has 3 aromatic rings. The van der Waals surface area contributed by atoms with Crippen molar-refractivity contribution in [1.82, 2.24) is 19.5 Å². The second-order valence-corrected chi connectivity index (χ2v) is 6.94. The summed E-state index contributed by atoms with van der Waals surface area (Å²) >= 11 is 7.88. The van der Waals surface area contributed by atoms with Crippen molar-refractivity contribution in [3.63, 3.8) is 0 Å². The van der Waals surface area contributed by atoms with Crippen molar-refractivity contribution in [2.24, 2.45) is 7.05 Å². The number of imidazole rings is 1. The fraction of sp³-hybridized carbons (Fsp3) is 0.188. The Hall–Kier alpha value is -1.88. The zero-order valence-electron chi connectivity index (χ0n) is 13.3. The van der Waals surface area contributed by atoms with Gasteiger partial charge in [0.2, 0.25) is 5.28 Å². The lowest BCUT2D eigenvalue weighted by Gasteiger charge is -2.08. The van der Waals surface area contributed by atoms with E-state index in [1.165, 1.54) is 11.6 Å². The normalized spacial score (nSPS) is 11.6. The van der Waals surface area contributed by atoms with Crippen LogP contribution in [0.5, 0.6) is 0 Å². The fourth-order valence-corrected chi connectivity index (χ4v) is 2.88. The molecule has 136 valence electrons. The highest BCUT2D eigenvalue weighted by molar-refractivity contribution is 14.1. The Morgan fingerprint density at radius 1 is 1.19 bits per heavy atom. The average Bonchev–Trinajstić information content (AvgIpc) is 2.98. The number of alkyl halides is 3. The summed E-state index contributed by atoms with van der Waals surface area (Å²) in [7, 11) is 1.54. The molecule has 0 unspecified atom stereocenters. The van der Waals surface area contributed by atoms with Gasteiger partial charge in [0.1, 0.15) is 11.6 Å². The van der Waals surface area contributed by atoms with Gasteiger partial charge in [-0.1, -0.05) is 24.3 Å². The standard InChI is InChI=1S/C16H12ClF3IN5/c1-26-8-12(16(18,19)20)24-14(26)10-4-2-9(3-5-10)6-22-13-11(21)7-23-15(17)25-13/h2-5,7-8H,6H2,1H3,(H,22,23,25). The third kappa shape index (κ3) is 4.26. The minimum atomic E-state index is -4.46. The van der Waals surface area contributed by atoms with Crippen LogP contribution in [-0.2, 0) is 19.8 Å². The second kappa shape index (κ2) is 7.39. The summed E-state index contributed by atoms with van der Waals surface area (Å²) in [5.74, 6) is 0.877. The number of hydrogen-bond acceptors (Lipinski definition) is 4. The molecule has 0 spiro atoms. The van der Waals surface area contributed by atoms with E-state index in [4.69, 9.17) is 11.6 Å². The summed E-state index contributed by atoms with van der Waals surface area (Å²) in [6.45, 7) is 0.484.